The molecule has 1 aliphatic heterocycles. The first-order valence-corrected chi connectivity index (χ1v) is 8.86. The standard InChI is InChI=1S/C15H17F2NO5S/c1-9-12(14(20)21)3-2-8-18(9)13(19)10-4-6-11(7-5-10)24(22,23)15(16)17/h4-7,9,12,15H,2-3,8H2,1H3,(H,20,21)/t9-,12-/m1/s1. The third kappa shape index (κ3) is 3.40. The van der Waals surface area contributed by atoms with E-state index in [1.165, 1.54) is 4.90 Å². The minimum Gasteiger partial charge on any atom is -0.481 e. The van der Waals surface area contributed by atoms with Crippen LogP contribution < -0.4 is 0 Å². The number of carboxylic acids is 1. The topological polar surface area (TPSA) is 91.8 Å². The molecule has 0 aliphatic carbocycles. The minimum absolute atomic E-state index is 0.126. The van der Waals surface area contributed by atoms with Crippen molar-refractivity contribution >= 4 is 21.7 Å². The summed E-state index contributed by atoms with van der Waals surface area (Å²) in [7, 11) is -4.71. The highest BCUT2D eigenvalue weighted by atomic mass is 32.2. The molecule has 1 amide bonds. The molecule has 6 nitrogen and oxygen atoms in total. The molecule has 0 bridgehead atoms. The van der Waals surface area contributed by atoms with E-state index in [0.717, 1.165) is 24.3 Å². The Labute approximate surface area is 138 Å². The summed E-state index contributed by atoms with van der Waals surface area (Å²) in [5.74, 6) is -5.62. The zero-order valence-corrected chi connectivity index (χ0v) is 13.7. The first-order chi connectivity index (χ1) is 11.2. The van der Waals surface area contributed by atoms with Gasteiger partial charge in [0.05, 0.1) is 10.8 Å². The highest BCUT2D eigenvalue weighted by molar-refractivity contribution is 7.91. The molecule has 2 rings (SSSR count). The Balaban J connectivity index is 2.23. The van der Waals surface area contributed by atoms with Gasteiger partial charge in [0.1, 0.15) is 0 Å². The van der Waals surface area contributed by atoms with Crippen molar-refractivity contribution in [3.8, 4) is 0 Å². The zero-order chi connectivity index (χ0) is 18.1. The maximum atomic E-state index is 12.5. The van der Waals surface area contributed by atoms with E-state index in [1.54, 1.807) is 6.92 Å². The summed E-state index contributed by atoms with van der Waals surface area (Å²) in [4.78, 5) is 24.6. The molecule has 2 atom stereocenters. The predicted octanol–water partition coefficient (Wildman–Crippen LogP) is 2.01. The molecule has 1 aromatic rings. The summed E-state index contributed by atoms with van der Waals surface area (Å²) in [6, 6.07) is 3.73. The van der Waals surface area contributed by atoms with Crippen LogP contribution in [-0.2, 0) is 14.6 Å². The highest BCUT2D eigenvalue weighted by Crippen LogP contribution is 2.26. The molecule has 1 fully saturated rings. The smallest absolute Gasteiger partial charge is 0.341 e. The van der Waals surface area contributed by atoms with Gasteiger partial charge in [-0.2, -0.15) is 8.78 Å². The average molecular weight is 361 g/mol. The number of aliphatic carboxylic acids is 1. The van der Waals surface area contributed by atoms with Gasteiger partial charge in [0.15, 0.2) is 0 Å². The molecule has 0 spiro atoms. The lowest BCUT2D eigenvalue weighted by molar-refractivity contribution is -0.144. The lowest BCUT2D eigenvalue weighted by Gasteiger charge is -2.37. The largest absolute Gasteiger partial charge is 0.481 e. The second kappa shape index (κ2) is 6.84. The van der Waals surface area contributed by atoms with Gasteiger partial charge in [-0.1, -0.05) is 0 Å². The van der Waals surface area contributed by atoms with Gasteiger partial charge in [-0.3, -0.25) is 9.59 Å². The molecule has 1 aliphatic rings. The molecule has 132 valence electrons. The van der Waals surface area contributed by atoms with Crippen molar-refractivity contribution in [1.29, 1.82) is 0 Å². The van der Waals surface area contributed by atoms with Crippen molar-refractivity contribution in [3.05, 3.63) is 29.8 Å². The molecule has 9 heteroatoms. The van der Waals surface area contributed by atoms with Gasteiger partial charge in [-0.05, 0) is 44.0 Å². The first kappa shape index (κ1) is 18.3. The van der Waals surface area contributed by atoms with Crippen LogP contribution in [0.2, 0.25) is 0 Å². The Morgan fingerprint density at radius 1 is 1.25 bits per heavy atom. The fourth-order valence-corrected chi connectivity index (χ4v) is 3.54. The first-order valence-electron chi connectivity index (χ1n) is 7.32. The van der Waals surface area contributed by atoms with Crippen LogP contribution in [0.1, 0.15) is 30.1 Å². The number of alkyl halides is 2. The van der Waals surface area contributed by atoms with Crippen LogP contribution in [-0.4, -0.2) is 48.6 Å². The summed E-state index contributed by atoms with van der Waals surface area (Å²) in [6.45, 7) is 2.03. The molecule has 1 saturated heterocycles. The quantitative estimate of drug-likeness (QED) is 0.886. The molecular formula is C15H17F2NO5S. The lowest BCUT2D eigenvalue weighted by Crippen LogP contribution is -2.49. The Bertz CT molecular complexity index is 733. The minimum atomic E-state index is -4.71. The van der Waals surface area contributed by atoms with Crippen molar-refractivity contribution in [3.63, 3.8) is 0 Å². The number of rotatable bonds is 4. The average Bonchev–Trinajstić information content (AvgIpc) is 2.54. The van der Waals surface area contributed by atoms with Crippen LogP contribution in [0, 0.1) is 5.92 Å². The molecule has 1 N–H and O–H groups in total. The van der Waals surface area contributed by atoms with Gasteiger partial charge < -0.3 is 10.0 Å². The van der Waals surface area contributed by atoms with Gasteiger partial charge in [-0.25, -0.2) is 8.42 Å². The van der Waals surface area contributed by atoms with E-state index < -0.39 is 44.3 Å². The second-order valence-electron chi connectivity index (χ2n) is 5.66. The molecule has 0 aromatic heterocycles. The SMILES string of the molecule is C[C@@H]1[C@H](C(=O)O)CCCN1C(=O)c1ccc(S(=O)(=O)C(F)F)cc1. The number of carboxylic acid groups (broad SMARTS) is 1. The van der Waals surface area contributed by atoms with E-state index in [1.807, 2.05) is 0 Å². The summed E-state index contributed by atoms with van der Waals surface area (Å²) in [5.41, 5.74) is 0.126. The van der Waals surface area contributed by atoms with Crippen molar-refractivity contribution in [2.24, 2.45) is 5.92 Å². The van der Waals surface area contributed by atoms with Crippen molar-refractivity contribution in [2.45, 2.75) is 36.5 Å². The number of carbonyl (C=O) groups excluding carboxylic acids is 1. The van der Waals surface area contributed by atoms with Crippen LogP contribution in [0.15, 0.2) is 29.2 Å². The maximum absolute atomic E-state index is 12.5. The molecule has 0 unspecified atom stereocenters. The second-order valence-corrected chi connectivity index (χ2v) is 7.57. The third-order valence-electron chi connectivity index (χ3n) is 4.23. The number of halogens is 2. The molecule has 24 heavy (non-hydrogen) atoms. The van der Waals surface area contributed by atoms with E-state index in [4.69, 9.17) is 0 Å². The van der Waals surface area contributed by atoms with Gasteiger partial charge >= 0.3 is 11.7 Å². The van der Waals surface area contributed by atoms with Crippen molar-refractivity contribution in [1.82, 2.24) is 4.90 Å². The molecule has 1 heterocycles. The van der Waals surface area contributed by atoms with Crippen LogP contribution in [0.5, 0.6) is 0 Å². The van der Waals surface area contributed by atoms with E-state index in [2.05, 4.69) is 0 Å². The highest BCUT2D eigenvalue weighted by Gasteiger charge is 2.35. The number of hydrogen-bond donors (Lipinski definition) is 1. The summed E-state index contributed by atoms with van der Waals surface area (Å²) in [5, 5.41) is 9.18. The van der Waals surface area contributed by atoms with Gasteiger partial charge in [0.25, 0.3) is 5.91 Å². The Hall–Kier alpha value is -2.03. The zero-order valence-electron chi connectivity index (χ0n) is 12.9. The molecular weight excluding hydrogens is 344 g/mol. The number of hydrogen-bond acceptors (Lipinski definition) is 4. The van der Waals surface area contributed by atoms with E-state index >= 15 is 0 Å². The lowest BCUT2D eigenvalue weighted by atomic mass is 9.90. The van der Waals surface area contributed by atoms with E-state index in [0.29, 0.717) is 19.4 Å². The van der Waals surface area contributed by atoms with Gasteiger partial charge in [0.2, 0.25) is 9.84 Å². The number of piperidine rings is 1. The normalized spacial score (nSPS) is 21.8. The van der Waals surface area contributed by atoms with Crippen LogP contribution >= 0.6 is 0 Å². The monoisotopic (exact) mass is 361 g/mol. The fourth-order valence-electron chi connectivity index (χ4n) is 2.82. The molecule has 0 saturated carbocycles. The van der Waals surface area contributed by atoms with E-state index in [-0.39, 0.29) is 5.56 Å². The molecule has 1 aromatic carbocycles. The maximum Gasteiger partial charge on any atom is 0.341 e. The summed E-state index contributed by atoms with van der Waals surface area (Å²) in [6.07, 6.45) is 1.02. The van der Waals surface area contributed by atoms with E-state index in [9.17, 15) is 31.9 Å². The Morgan fingerprint density at radius 3 is 2.33 bits per heavy atom. The number of likely N-dealkylation sites (tertiary alicyclic amines) is 1. The number of nitrogens with zero attached hydrogens (tertiary/aromatic N) is 1. The fraction of sp³-hybridized carbons (Fsp3) is 0.467. The number of benzene rings is 1. The number of sulfone groups is 1. The van der Waals surface area contributed by atoms with Gasteiger partial charge in [0, 0.05) is 18.2 Å². The van der Waals surface area contributed by atoms with Crippen molar-refractivity contribution in [2.75, 3.05) is 6.54 Å². The summed E-state index contributed by atoms with van der Waals surface area (Å²) >= 11 is 0. The number of amides is 1. The Kier molecular flexibility index (Phi) is 5.22. The summed E-state index contributed by atoms with van der Waals surface area (Å²) < 4.78 is 47.7. The van der Waals surface area contributed by atoms with Crippen molar-refractivity contribution < 1.29 is 31.9 Å². The van der Waals surface area contributed by atoms with Crippen LogP contribution in [0.3, 0.4) is 0 Å². The van der Waals surface area contributed by atoms with Crippen LogP contribution in [0.4, 0.5) is 8.78 Å². The predicted molar refractivity (Wildman–Crippen MR) is 80.5 cm³/mol. The Morgan fingerprint density at radius 2 is 1.83 bits per heavy atom. The number of carbonyl (C=O) groups is 2. The molecule has 0 radical (unpaired) electrons. The van der Waals surface area contributed by atoms with Crippen LogP contribution in [0.25, 0.3) is 0 Å². The third-order valence-corrected chi connectivity index (χ3v) is 5.63. The van der Waals surface area contributed by atoms with Gasteiger partial charge in [-0.15, -0.1) is 0 Å².